The number of carbonyl (C=O) groups is 2. The number of benzene rings is 1. The molecule has 2 atom stereocenters. The number of hydrogen-bond donors (Lipinski definition) is 3. The van der Waals surface area contributed by atoms with E-state index in [2.05, 4.69) is 10.6 Å². The average molecular weight is 327 g/mol. The van der Waals surface area contributed by atoms with Crippen molar-refractivity contribution < 1.29 is 9.59 Å². The highest BCUT2D eigenvalue weighted by atomic mass is 35.5. The number of nitrogens with one attached hydrogen (secondary N) is 2. The first-order valence-electron chi connectivity index (χ1n) is 7.21. The fourth-order valence-electron chi connectivity index (χ4n) is 2.45. The van der Waals surface area contributed by atoms with E-state index >= 15 is 0 Å². The molecule has 6 nitrogen and oxygen atoms in total. The molecule has 7 heteroatoms. The molecule has 22 heavy (non-hydrogen) atoms. The first-order chi connectivity index (χ1) is 10.1. The predicted octanol–water partition coefficient (Wildman–Crippen LogP) is 1.43. The van der Waals surface area contributed by atoms with E-state index in [1.54, 1.807) is 24.0 Å². The van der Waals surface area contributed by atoms with E-state index in [1.165, 1.54) is 0 Å². The number of halogens is 1. The van der Waals surface area contributed by atoms with E-state index in [1.807, 2.05) is 18.2 Å². The normalized spacial score (nSPS) is 18.3. The van der Waals surface area contributed by atoms with Crippen LogP contribution in [0, 0.1) is 5.92 Å². The Morgan fingerprint density at radius 3 is 2.64 bits per heavy atom. The number of hydrogen-bond acceptors (Lipinski definition) is 3. The van der Waals surface area contributed by atoms with Gasteiger partial charge in [0.15, 0.2) is 0 Å². The Kier molecular flexibility index (Phi) is 7.14. The second-order valence-electron chi connectivity index (χ2n) is 5.36. The van der Waals surface area contributed by atoms with Gasteiger partial charge in [-0.25, -0.2) is 4.79 Å². The monoisotopic (exact) mass is 326 g/mol. The molecule has 0 radical (unpaired) electrons. The third kappa shape index (κ3) is 4.89. The Morgan fingerprint density at radius 2 is 2.05 bits per heavy atom. The van der Waals surface area contributed by atoms with Gasteiger partial charge in [0.05, 0.1) is 0 Å². The van der Waals surface area contributed by atoms with Crippen LogP contribution < -0.4 is 16.4 Å². The summed E-state index contributed by atoms with van der Waals surface area (Å²) in [5.74, 6) is 0.313. The van der Waals surface area contributed by atoms with Crippen molar-refractivity contribution in [2.45, 2.75) is 19.4 Å². The summed E-state index contributed by atoms with van der Waals surface area (Å²) < 4.78 is 0. The van der Waals surface area contributed by atoms with Gasteiger partial charge in [0.1, 0.15) is 6.04 Å². The van der Waals surface area contributed by atoms with Gasteiger partial charge in [-0.15, -0.1) is 12.4 Å². The van der Waals surface area contributed by atoms with Crippen LogP contribution >= 0.6 is 12.4 Å². The lowest BCUT2D eigenvalue weighted by molar-refractivity contribution is -0.131. The number of para-hydroxylation sites is 1. The topological polar surface area (TPSA) is 87.5 Å². The van der Waals surface area contributed by atoms with Crippen molar-refractivity contribution >= 4 is 30.0 Å². The maximum absolute atomic E-state index is 12.2. The molecule has 0 saturated carbocycles. The summed E-state index contributed by atoms with van der Waals surface area (Å²) in [7, 11) is 0. The summed E-state index contributed by atoms with van der Waals surface area (Å²) in [5, 5.41) is 5.36. The average Bonchev–Trinajstić information content (AvgIpc) is 2.96. The third-order valence-electron chi connectivity index (χ3n) is 3.68. The minimum atomic E-state index is -0.551. The maximum atomic E-state index is 12.2. The van der Waals surface area contributed by atoms with Crippen LogP contribution in [0.5, 0.6) is 0 Å². The first kappa shape index (κ1) is 18.3. The Balaban J connectivity index is 0.00000242. The van der Waals surface area contributed by atoms with Crippen LogP contribution in [0.3, 0.4) is 0 Å². The van der Waals surface area contributed by atoms with Crippen LogP contribution in [0.1, 0.15) is 13.3 Å². The van der Waals surface area contributed by atoms with E-state index in [4.69, 9.17) is 5.73 Å². The van der Waals surface area contributed by atoms with E-state index in [0.29, 0.717) is 31.2 Å². The molecule has 1 aromatic carbocycles. The van der Waals surface area contributed by atoms with Crippen LogP contribution in [0.4, 0.5) is 10.5 Å². The van der Waals surface area contributed by atoms with Gasteiger partial charge in [0, 0.05) is 18.8 Å². The van der Waals surface area contributed by atoms with E-state index in [9.17, 15) is 9.59 Å². The summed E-state index contributed by atoms with van der Waals surface area (Å²) in [6.07, 6.45) is 0.936. The Labute approximate surface area is 136 Å². The van der Waals surface area contributed by atoms with Crippen LogP contribution in [0.2, 0.25) is 0 Å². The molecule has 3 amide bonds. The molecule has 1 aromatic rings. The minimum absolute atomic E-state index is 0. The summed E-state index contributed by atoms with van der Waals surface area (Å²) in [4.78, 5) is 25.9. The van der Waals surface area contributed by atoms with E-state index in [0.717, 1.165) is 6.42 Å². The second kappa shape index (κ2) is 8.60. The molecule has 1 aliphatic rings. The van der Waals surface area contributed by atoms with Crippen molar-refractivity contribution in [1.82, 2.24) is 10.2 Å². The Bertz CT molecular complexity index is 498. The molecular formula is C15H23ClN4O2. The fraction of sp³-hybridized carbons (Fsp3) is 0.467. The lowest BCUT2D eigenvalue weighted by atomic mass is 10.1. The van der Waals surface area contributed by atoms with E-state index in [-0.39, 0.29) is 24.3 Å². The van der Waals surface area contributed by atoms with Crippen LogP contribution in [-0.4, -0.2) is 42.5 Å². The van der Waals surface area contributed by atoms with Gasteiger partial charge in [-0.2, -0.15) is 0 Å². The molecule has 1 fully saturated rings. The smallest absolute Gasteiger partial charge is 0.319 e. The van der Waals surface area contributed by atoms with Crippen LogP contribution in [-0.2, 0) is 4.79 Å². The van der Waals surface area contributed by atoms with Crippen molar-refractivity contribution in [3.05, 3.63) is 30.3 Å². The summed E-state index contributed by atoms with van der Waals surface area (Å²) in [6.45, 7) is 3.69. The van der Waals surface area contributed by atoms with Crippen molar-refractivity contribution in [3.8, 4) is 0 Å². The number of urea groups is 1. The van der Waals surface area contributed by atoms with Gasteiger partial charge in [-0.1, -0.05) is 18.2 Å². The van der Waals surface area contributed by atoms with Gasteiger partial charge < -0.3 is 21.3 Å². The molecule has 0 aromatic heterocycles. The number of likely N-dealkylation sites (tertiary alicyclic amines) is 1. The van der Waals surface area contributed by atoms with Gasteiger partial charge in [-0.05, 0) is 37.9 Å². The molecular weight excluding hydrogens is 304 g/mol. The van der Waals surface area contributed by atoms with Crippen molar-refractivity contribution in [3.63, 3.8) is 0 Å². The molecule has 4 N–H and O–H groups in total. The largest absolute Gasteiger partial charge is 0.341 e. The number of nitrogens with two attached hydrogens (primary N) is 1. The molecule has 1 aliphatic heterocycles. The third-order valence-corrected chi connectivity index (χ3v) is 3.68. The second-order valence-corrected chi connectivity index (χ2v) is 5.36. The molecule has 1 saturated heterocycles. The number of rotatable bonds is 4. The summed E-state index contributed by atoms with van der Waals surface area (Å²) in [5.41, 5.74) is 6.31. The van der Waals surface area contributed by atoms with Crippen molar-refractivity contribution in [2.75, 3.05) is 25.0 Å². The first-order valence-corrected chi connectivity index (χ1v) is 7.21. The number of amides is 3. The van der Waals surface area contributed by atoms with Crippen molar-refractivity contribution in [1.29, 1.82) is 0 Å². The highest BCUT2D eigenvalue weighted by Crippen LogP contribution is 2.15. The Hall–Kier alpha value is -1.79. The lowest BCUT2D eigenvalue weighted by Crippen LogP contribution is -2.47. The van der Waals surface area contributed by atoms with Crippen LogP contribution in [0.15, 0.2) is 30.3 Å². The molecule has 2 rings (SSSR count). The lowest BCUT2D eigenvalue weighted by Gasteiger charge is -2.21. The van der Waals surface area contributed by atoms with Gasteiger partial charge in [0.25, 0.3) is 0 Å². The molecule has 0 aliphatic carbocycles. The highest BCUT2D eigenvalue weighted by Gasteiger charge is 2.28. The summed E-state index contributed by atoms with van der Waals surface area (Å²) >= 11 is 0. The fourth-order valence-corrected chi connectivity index (χ4v) is 2.45. The van der Waals surface area contributed by atoms with Crippen molar-refractivity contribution in [2.24, 2.45) is 11.7 Å². The van der Waals surface area contributed by atoms with Crippen LogP contribution in [0.25, 0.3) is 0 Å². The zero-order chi connectivity index (χ0) is 15.2. The van der Waals surface area contributed by atoms with Gasteiger partial charge in [0.2, 0.25) is 5.91 Å². The molecule has 1 heterocycles. The zero-order valence-corrected chi connectivity index (χ0v) is 13.4. The minimum Gasteiger partial charge on any atom is -0.341 e. The number of anilines is 1. The molecule has 0 bridgehead atoms. The zero-order valence-electron chi connectivity index (χ0n) is 12.6. The molecule has 0 spiro atoms. The number of nitrogens with zero attached hydrogens (tertiary/aromatic N) is 1. The Morgan fingerprint density at radius 1 is 1.36 bits per heavy atom. The SMILES string of the molecule is CC(NC(=O)Nc1ccccc1)C(=O)N1CCC(CN)C1.Cl. The highest BCUT2D eigenvalue weighted by molar-refractivity contribution is 5.93. The predicted molar refractivity (Wildman–Crippen MR) is 89.0 cm³/mol. The maximum Gasteiger partial charge on any atom is 0.319 e. The quantitative estimate of drug-likeness (QED) is 0.782. The van der Waals surface area contributed by atoms with Gasteiger partial charge in [-0.3, -0.25) is 4.79 Å². The molecule has 2 unspecified atom stereocenters. The molecule has 122 valence electrons. The van der Waals surface area contributed by atoms with Gasteiger partial charge >= 0.3 is 6.03 Å². The summed E-state index contributed by atoms with van der Waals surface area (Å²) in [6, 6.07) is 8.19. The number of carbonyl (C=O) groups excluding carboxylic acids is 2. The van der Waals surface area contributed by atoms with E-state index < -0.39 is 6.04 Å². The standard InChI is InChI=1S/C15H22N4O2.ClH/c1-11(14(20)19-8-7-12(9-16)10-19)17-15(21)18-13-5-3-2-4-6-13;/h2-6,11-12H,7-10,16H2,1H3,(H2,17,18,21);1H.